The van der Waals surface area contributed by atoms with Crippen LogP contribution >= 0.6 is 15.9 Å². The summed E-state index contributed by atoms with van der Waals surface area (Å²) < 4.78 is 28.0. The van der Waals surface area contributed by atoms with Crippen molar-refractivity contribution >= 4 is 21.8 Å². The molecule has 6 heteroatoms. The first kappa shape index (κ1) is 16.4. The maximum atomic E-state index is 13.9. The van der Waals surface area contributed by atoms with Crippen LogP contribution in [0.4, 0.5) is 8.78 Å². The Hall–Kier alpha value is -1.01. The summed E-state index contributed by atoms with van der Waals surface area (Å²) in [5, 5.41) is 0. The lowest BCUT2D eigenvalue weighted by atomic mass is 10.1. The van der Waals surface area contributed by atoms with Gasteiger partial charge < -0.3 is 4.90 Å². The summed E-state index contributed by atoms with van der Waals surface area (Å²) in [6.45, 7) is 7.02. The zero-order valence-electron chi connectivity index (χ0n) is 12.2. The topological polar surface area (TPSA) is 23.6 Å². The number of benzene rings is 1. The summed E-state index contributed by atoms with van der Waals surface area (Å²) in [5.41, 5.74) is -0.460. The van der Waals surface area contributed by atoms with E-state index in [2.05, 4.69) is 34.7 Å². The molecule has 0 bridgehead atoms. The molecule has 0 N–H and O–H groups in total. The molecule has 21 heavy (non-hydrogen) atoms. The lowest BCUT2D eigenvalue weighted by molar-refractivity contribution is 0.0768. The van der Waals surface area contributed by atoms with Crippen LogP contribution in [0.3, 0.4) is 0 Å². The van der Waals surface area contributed by atoms with E-state index in [1.54, 1.807) is 4.90 Å². The second-order valence-electron chi connectivity index (χ2n) is 5.16. The van der Waals surface area contributed by atoms with Gasteiger partial charge in [0.25, 0.3) is 5.91 Å². The van der Waals surface area contributed by atoms with Crippen molar-refractivity contribution in [2.45, 2.75) is 26.3 Å². The molecule has 1 heterocycles. The second kappa shape index (κ2) is 6.83. The van der Waals surface area contributed by atoms with Crippen molar-refractivity contribution in [3.63, 3.8) is 0 Å². The van der Waals surface area contributed by atoms with Gasteiger partial charge in [0.05, 0.1) is 0 Å². The van der Waals surface area contributed by atoms with Gasteiger partial charge in [-0.05, 0) is 31.6 Å². The third-order valence-electron chi connectivity index (χ3n) is 4.00. The Bertz CT molecular complexity index is 511. The summed E-state index contributed by atoms with van der Waals surface area (Å²) in [6.07, 6.45) is 0.840. The summed E-state index contributed by atoms with van der Waals surface area (Å²) >= 11 is 3.02. The minimum Gasteiger partial charge on any atom is -0.337 e. The van der Waals surface area contributed by atoms with Crippen molar-refractivity contribution in [2.24, 2.45) is 0 Å². The summed E-state index contributed by atoms with van der Waals surface area (Å²) in [7, 11) is 0. The molecule has 1 aromatic carbocycles. The third-order valence-corrected chi connectivity index (χ3v) is 4.46. The van der Waals surface area contributed by atoms with Crippen LogP contribution in [0.25, 0.3) is 0 Å². The number of hydrogen-bond donors (Lipinski definition) is 0. The Morgan fingerprint density at radius 1 is 1.33 bits per heavy atom. The molecule has 1 atom stereocenters. The van der Waals surface area contributed by atoms with Gasteiger partial charge >= 0.3 is 0 Å². The van der Waals surface area contributed by atoms with Gasteiger partial charge in [-0.1, -0.05) is 29.8 Å². The molecule has 0 radical (unpaired) electrons. The van der Waals surface area contributed by atoms with Crippen molar-refractivity contribution in [3.05, 3.63) is 33.8 Å². The molecule has 1 aliphatic rings. The minimum absolute atomic E-state index is 0.269. The van der Waals surface area contributed by atoms with Gasteiger partial charge in [0.2, 0.25) is 0 Å². The Morgan fingerprint density at radius 2 is 1.90 bits per heavy atom. The quantitative estimate of drug-likeness (QED) is 0.822. The highest BCUT2D eigenvalue weighted by atomic mass is 79.9. The Labute approximate surface area is 132 Å². The smallest absolute Gasteiger partial charge is 0.259 e. The average molecular weight is 361 g/mol. The fraction of sp³-hybridized carbons (Fsp3) is 0.533. The molecule has 1 unspecified atom stereocenters. The largest absolute Gasteiger partial charge is 0.337 e. The van der Waals surface area contributed by atoms with Crippen LogP contribution in [0.2, 0.25) is 0 Å². The fourth-order valence-corrected chi connectivity index (χ4v) is 3.27. The fourth-order valence-electron chi connectivity index (χ4n) is 2.87. The molecule has 1 aliphatic heterocycles. The van der Waals surface area contributed by atoms with Gasteiger partial charge in [0.15, 0.2) is 0 Å². The summed E-state index contributed by atoms with van der Waals surface area (Å²) in [4.78, 5) is 16.2. The highest BCUT2D eigenvalue weighted by Crippen LogP contribution is 2.23. The van der Waals surface area contributed by atoms with Crippen LogP contribution in [0.15, 0.2) is 16.6 Å². The van der Waals surface area contributed by atoms with E-state index in [0.717, 1.165) is 31.6 Å². The zero-order valence-corrected chi connectivity index (χ0v) is 13.8. The van der Waals surface area contributed by atoms with E-state index in [1.807, 2.05) is 0 Å². The first-order chi connectivity index (χ1) is 9.97. The summed E-state index contributed by atoms with van der Waals surface area (Å²) in [6, 6.07) is 2.51. The summed E-state index contributed by atoms with van der Waals surface area (Å²) in [5.74, 6) is -2.21. The Balaban J connectivity index is 2.16. The van der Waals surface area contributed by atoms with Crippen molar-refractivity contribution in [1.82, 2.24) is 9.80 Å². The van der Waals surface area contributed by atoms with Gasteiger partial charge in [0, 0.05) is 23.6 Å². The zero-order chi connectivity index (χ0) is 15.6. The van der Waals surface area contributed by atoms with Crippen LogP contribution in [0.1, 0.15) is 30.6 Å². The third kappa shape index (κ3) is 3.43. The SMILES string of the molecule is CCN(CC)C1CCN(C(=O)c2c(F)cc(Br)cc2F)C1. The second-order valence-corrected chi connectivity index (χ2v) is 6.07. The Morgan fingerprint density at radius 3 is 2.43 bits per heavy atom. The van der Waals surface area contributed by atoms with Crippen molar-refractivity contribution in [2.75, 3.05) is 26.2 Å². The molecule has 2 rings (SSSR count). The van der Waals surface area contributed by atoms with E-state index in [0.29, 0.717) is 13.1 Å². The molecule has 0 aliphatic carbocycles. The number of halogens is 3. The monoisotopic (exact) mass is 360 g/mol. The Kier molecular flexibility index (Phi) is 5.32. The molecule has 0 spiro atoms. The van der Waals surface area contributed by atoms with Gasteiger partial charge in [0.1, 0.15) is 17.2 Å². The van der Waals surface area contributed by atoms with Crippen molar-refractivity contribution < 1.29 is 13.6 Å². The molecule has 3 nitrogen and oxygen atoms in total. The van der Waals surface area contributed by atoms with Crippen LogP contribution in [0, 0.1) is 11.6 Å². The van der Waals surface area contributed by atoms with Gasteiger partial charge in [-0.2, -0.15) is 0 Å². The predicted molar refractivity (Wildman–Crippen MR) is 81.3 cm³/mol. The lowest BCUT2D eigenvalue weighted by Crippen LogP contribution is -2.39. The van der Waals surface area contributed by atoms with Gasteiger partial charge in [-0.15, -0.1) is 0 Å². The number of hydrogen-bond acceptors (Lipinski definition) is 2. The number of rotatable bonds is 4. The number of carbonyl (C=O) groups excluding carboxylic acids is 1. The van der Waals surface area contributed by atoms with E-state index in [1.165, 1.54) is 0 Å². The number of nitrogens with zero attached hydrogens (tertiary/aromatic N) is 2. The van der Waals surface area contributed by atoms with Crippen LogP contribution in [0.5, 0.6) is 0 Å². The molecular formula is C15H19BrF2N2O. The normalized spacial score (nSPS) is 18.6. The molecular weight excluding hydrogens is 342 g/mol. The molecule has 0 saturated carbocycles. The predicted octanol–water partition coefficient (Wildman–Crippen LogP) is 3.28. The highest BCUT2D eigenvalue weighted by Gasteiger charge is 2.32. The van der Waals surface area contributed by atoms with Gasteiger partial charge in [-0.3, -0.25) is 9.69 Å². The van der Waals surface area contributed by atoms with E-state index >= 15 is 0 Å². The number of carbonyl (C=O) groups is 1. The number of amides is 1. The molecule has 0 aromatic heterocycles. The van der Waals surface area contributed by atoms with Crippen LogP contribution in [-0.4, -0.2) is 47.9 Å². The van der Waals surface area contributed by atoms with Crippen molar-refractivity contribution in [3.8, 4) is 0 Å². The van der Waals surface area contributed by atoms with Gasteiger partial charge in [-0.25, -0.2) is 8.78 Å². The van der Waals surface area contributed by atoms with E-state index in [9.17, 15) is 13.6 Å². The number of likely N-dealkylation sites (tertiary alicyclic amines) is 1. The molecule has 116 valence electrons. The average Bonchev–Trinajstić information content (AvgIpc) is 2.88. The highest BCUT2D eigenvalue weighted by molar-refractivity contribution is 9.10. The van der Waals surface area contributed by atoms with E-state index in [-0.39, 0.29) is 10.5 Å². The van der Waals surface area contributed by atoms with E-state index in [4.69, 9.17) is 0 Å². The van der Waals surface area contributed by atoms with E-state index < -0.39 is 23.1 Å². The lowest BCUT2D eigenvalue weighted by Gasteiger charge is -2.26. The number of likely N-dealkylation sites (N-methyl/N-ethyl adjacent to an activating group) is 1. The van der Waals surface area contributed by atoms with Crippen LogP contribution < -0.4 is 0 Å². The maximum Gasteiger partial charge on any atom is 0.259 e. The first-order valence-electron chi connectivity index (χ1n) is 7.15. The molecule has 1 aromatic rings. The van der Waals surface area contributed by atoms with Crippen molar-refractivity contribution in [1.29, 1.82) is 0 Å². The molecule has 1 saturated heterocycles. The van der Waals surface area contributed by atoms with Crippen LogP contribution in [-0.2, 0) is 0 Å². The standard InChI is InChI=1S/C15H19BrF2N2O/c1-3-19(4-2)11-5-6-20(9-11)15(21)14-12(17)7-10(16)8-13(14)18/h7-8,11H,3-6,9H2,1-2H3. The maximum absolute atomic E-state index is 13.9. The minimum atomic E-state index is -0.821. The first-order valence-corrected chi connectivity index (χ1v) is 7.95. The molecule has 1 amide bonds. The molecule has 1 fully saturated rings.